The average molecular weight is 1170 g/mol. The van der Waals surface area contributed by atoms with Crippen LogP contribution < -0.4 is 4.89 Å². The van der Waals surface area contributed by atoms with Crippen molar-refractivity contribution < 1.29 is 42.1 Å². The van der Waals surface area contributed by atoms with Crippen LogP contribution in [-0.4, -0.2) is 70.0 Å². The van der Waals surface area contributed by atoms with Gasteiger partial charge in [0.1, 0.15) is 19.8 Å². The molecular weight excluding hydrogens is 1040 g/mol. The minimum Gasteiger partial charge on any atom is -0.756 e. The maximum absolute atomic E-state index is 12.9. The summed E-state index contributed by atoms with van der Waals surface area (Å²) in [6.45, 7) is 4.16. The SMILES string of the molecule is CC/C=C\C/C=C\C/C=C\C/C=C\C/C=C\C/C=C\CCCCCCCCCCCCCCCCCCC(=O)OC(COC(=O)CCCCCCCCCCCCC/C=C\CCCCCCCCCC)COP(=O)([O-])OCC[N+](C)(C)C. The van der Waals surface area contributed by atoms with E-state index in [1.807, 2.05) is 21.1 Å². The first kappa shape index (κ1) is 79.2. The third-order valence-corrected chi connectivity index (χ3v) is 15.9. The molecule has 10 heteroatoms. The van der Waals surface area contributed by atoms with Gasteiger partial charge in [0.25, 0.3) is 7.82 Å². The molecule has 0 rings (SSSR count). The summed E-state index contributed by atoms with van der Waals surface area (Å²) in [5.41, 5.74) is 0. The maximum Gasteiger partial charge on any atom is 0.306 e. The summed E-state index contributed by atoms with van der Waals surface area (Å²) >= 11 is 0. The monoisotopic (exact) mass is 1170 g/mol. The topological polar surface area (TPSA) is 111 Å². The molecule has 0 aliphatic carbocycles. The van der Waals surface area contributed by atoms with Gasteiger partial charge in [-0.25, -0.2) is 0 Å². The third kappa shape index (κ3) is 66.3. The Hall–Kier alpha value is -2.81. The number of carbonyl (C=O) groups is 2. The van der Waals surface area contributed by atoms with Crippen LogP contribution in [0.2, 0.25) is 0 Å². The zero-order valence-corrected chi connectivity index (χ0v) is 55.1. The Morgan fingerprint density at radius 1 is 0.390 bits per heavy atom. The van der Waals surface area contributed by atoms with Crippen molar-refractivity contribution in [1.29, 1.82) is 0 Å². The second-order valence-corrected chi connectivity index (χ2v) is 25.6. The summed E-state index contributed by atoms with van der Waals surface area (Å²) in [7, 11) is 1.17. The predicted molar refractivity (Wildman–Crippen MR) is 351 cm³/mol. The zero-order chi connectivity index (χ0) is 59.8. The van der Waals surface area contributed by atoms with Gasteiger partial charge in [0.05, 0.1) is 27.7 Å². The van der Waals surface area contributed by atoms with Crippen LogP contribution in [-0.2, 0) is 32.7 Å². The first-order valence-corrected chi connectivity index (χ1v) is 35.8. The fourth-order valence-electron chi connectivity index (χ4n) is 9.66. The predicted octanol–water partition coefficient (Wildman–Crippen LogP) is 21.5. The second kappa shape index (κ2) is 62.7. The minimum atomic E-state index is -4.64. The van der Waals surface area contributed by atoms with E-state index in [2.05, 4.69) is 98.9 Å². The molecule has 476 valence electrons. The number of hydrogen-bond acceptors (Lipinski definition) is 8. The van der Waals surface area contributed by atoms with Gasteiger partial charge in [0.2, 0.25) is 0 Å². The highest BCUT2D eigenvalue weighted by Crippen LogP contribution is 2.38. The van der Waals surface area contributed by atoms with Crippen LogP contribution in [0.1, 0.15) is 309 Å². The lowest BCUT2D eigenvalue weighted by Gasteiger charge is -2.28. The molecule has 0 heterocycles. The van der Waals surface area contributed by atoms with Crippen LogP contribution in [0.3, 0.4) is 0 Å². The Morgan fingerprint density at radius 2 is 0.695 bits per heavy atom. The van der Waals surface area contributed by atoms with Crippen molar-refractivity contribution in [2.75, 3.05) is 47.5 Å². The molecule has 82 heavy (non-hydrogen) atoms. The standard InChI is InChI=1S/C72H130NO8P/c1-6-8-10-12-14-16-18-20-22-24-26-28-30-31-32-33-34-35-36-37-38-39-40-41-43-45-47-49-51-53-55-57-59-61-63-65-72(75)81-70(69-80-82(76,77)79-67-66-73(3,4)5)68-78-71(74)64-62-60-58-56-54-52-50-48-46-44-42-29-27-25-23-21-19-17-15-13-11-9-7-2/h8,10,14,16,20,22,25-28,31-32,34-35,70H,6-7,9,11-13,15,17-19,21,23-24,29-30,33,36-69H2,1-5H3/b10-8-,16-14-,22-20-,27-25-,28-26-,32-31-,35-34-. The van der Waals surface area contributed by atoms with E-state index in [1.165, 1.54) is 199 Å². The molecule has 0 aliphatic heterocycles. The molecular formula is C72H130NO8P. The summed E-state index contributed by atoms with van der Waals surface area (Å²) in [5, 5.41) is 0. The van der Waals surface area contributed by atoms with Gasteiger partial charge in [-0.05, 0) is 89.9 Å². The summed E-state index contributed by atoms with van der Waals surface area (Å²) in [6, 6.07) is 0. The Kier molecular flexibility index (Phi) is 60.6. The summed E-state index contributed by atoms with van der Waals surface area (Å²) in [4.78, 5) is 38.0. The molecule has 2 atom stereocenters. The molecule has 0 saturated heterocycles. The Morgan fingerprint density at radius 3 is 1.05 bits per heavy atom. The summed E-state index contributed by atoms with van der Waals surface area (Å²) in [5.74, 6) is -0.824. The van der Waals surface area contributed by atoms with E-state index < -0.39 is 26.5 Å². The first-order valence-electron chi connectivity index (χ1n) is 34.3. The molecule has 9 nitrogen and oxygen atoms in total. The molecule has 0 saturated carbocycles. The van der Waals surface area contributed by atoms with Crippen molar-refractivity contribution >= 4 is 19.8 Å². The number of phosphoric ester groups is 1. The van der Waals surface area contributed by atoms with Gasteiger partial charge >= 0.3 is 11.9 Å². The number of hydrogen-bond donors (Lipinski definition) is 0. The van der Waals surface area contributed by atoms with E-state index in [-0.39, 0.29) is 32.0 Å². The lowest BCUT2D eigenvalue weighted by atomic mass is 10.0. The molecule has 0 spiro atoms. The van der Waals surface area contributed by atoms with Crippen molar-refractivity contribution in [2.24, 2.45) is 0 Å². The number of rotatable bonds is 63. The highest BCUT2D eigenvalue weighted by atomic mass is 31.2. The van der Waals surface area contributed by atoms with E-state index in [4.69, 9.17) is 18.5 Å². The highest BCUT2D eigenvalue weighted by molar-refractivity contribution is 7.45. The minimum absolute atomic E-state index is 0.0318. The van der Waals surface area contributed by atoms with Crippen molar-refractivity contribution in [2.45, 2.75) is 315 Å². The van der Waals surface area contributed by atoms with Crippen LogP contribution in [0.5, 0.6) is 0 Å². The van der Waals surface area contributed by atoms with Crippen molar-refractivity contribution in [3.05, 3.63) is 85.1 Å². The quantitative estimate of drug-likeness (QED) is 0.0195. The zero-order valence-electron chi connectivity index (χ0n) is 54.2. The molecule has 0 aliphatic rings. The molecule has 0 aromatic heterocycles. The van der Waals surface area contributed by atoms with Gasteiger partial charge in [0.15, 0.2) is 6.10 Å². The van der Waals surface area contributed by atoms with Gasteiger partial charge in [-0.2, -0.15) is 0 Å². The lowest BCUT2D eigenvalue weighted by Crippen LogP contribution is -2.37. The summed E-state index contributed by atoms with van der Waals surface area (Å²) in [6.07, 6.45) is 85.1. The number of nitrogens with zero attached hydrogens (tertiary/aromatic N) is 1. The molecule has 0 amide bonds. The van der Waals surface area contributed by atoms with Gasteiger partial charge in [-0.1, -0.05) is 292 Å². The number of phosphoric acid groups is 1. The Balaban J connectivity index is 4.04. The largest absolute Gasteiger partial charge is 0.756 e. The number of likely N-dealkylation sites (N-methyl/N-ethyl adjacent to an activating group) is 1. The van der Waals surface area contributed by atoms with Crippen LogP contribution in [0.25, 0.3) is 0 Å². The maximum atomic E-state index is 12.9. The van der Waals surface area contributed by atoms with Crippen LogP contribution >= 0.6 is 7.82 Å². The van der Waals surface area contributed by atoms with Crippen LogP contribution in [0, 0.1) is 0 Å². The number of esters is 2. The molecule has 0 fully saturated rings. The first-order chi connectivity index (χ1) is 40.0. The van der Waals surface area contributed by atoms with Gasteiger partial charge in [-0.3, -0.25) is 14.2 Å². The molecule has 0 bridgehead atoms. The van der Waals surface area contributed by atoms with Crippen molar-refractivity contribution in [3.8, 4) is 0 Å². The highest BCUT2D eigenvalue weighted by Gasteiger charge is 2.22. The average Bonchev–Trinajstić information content (AvgIpc) is 3.45. The van der Waals surface area contributed by atoms with Crippen molar-refractivity contribution in [1.82, 2.24) is 0 Å². The summed E-state index contributed by atoms with van der Waals surface area (Å²) < 4.78 is 34.3. The third-order valence-electron chi connectivity index (χ3n) is 14.9. The fourth-order valence-corrected chi connectivity index (χ4v) is 10.4. The van der Waals surface area contributed by atoms with E-state index in [0.717, 1.165) is 77.0 Å². The molecule has 0 aromatic rings. The normalized spacial score (nSPS) is 13.7. The molecule has 0 N–H and O–H groups in total. The van der Waals surface area contributed by atoms with E-state index in [1.54, 1.807) is 0 Å². The smallest absolute Gasteiger partial charge is 0.306 e. The molecule has 2 unspecified atom stereocenters. The van der Waals surface area contributed by atoms with Crippen LogP contribution in [0.4, 0.5) is 0 Å². The Bertz CT molecular complexity index is 1660. The van der Waals surface area contributed by atoms with Gasteiger partial charge in [-0.15, -0.1) is 0 Å². The number of unbranched alkanes of at least 4 members (excludes halogenated alkanes) is 35. The van der Waals surface area contributed by atoms with Gasteiger partial charge in [0, 0.05) is 12.8 Å². The van der Waals surface area contributed by atoms with Gasteiger partial charge < -0.3 is 27.9 Å². The fraction of sp³-hybridized carbons (Fsp3) is 0.778. The molecule has 0 radical (unpaired) electrons. The van der Waals surface area contributed by atoms with Crippen LogP contribution in [0.15, 0.2) is 85.1 Å². The number of carbonyl (C=O) groups excluding carboxylic acids is 2. The number of allylic oxidation sites excluding steroid dienone is 14. The number of ether oxygens (including phenoxy) is 2. The lowest BCUT2D eigenvalue weighted by molar-refractivity contribution is -0.870. The molecule has 0 aromatic carbocycles. The Labute approximate surface area is 507 Å². The number of quaternary nitrogens is 1. The van der Waals surface area contributed by atoms with E-state index >= 15 is 0 Å². The van der Waals surface area contributed by atoms with E-state index in [0.29, 0.717) is 17.4 Å². The van der Waals surface area contributed by atoms with E-state index in [9.17, 15) is 19.0 Å². The van der Waals surface area contributed by atoms with Crippen molar-refractivity contribution in [3.63, 3.8) is 0 Å². The second-order valence-electron chi connectivity index (χ2n) is 24.2.